The molecule has 0 radical (unpaired) electrons. The zero-order valence-corrected chi connectivity index (χ0v) is 15.1. The summed E-state index contributed by atoms with van der Waals surface area (Å²) in [6.07, 6.45) is 1.70. The Hall–Kier alpha value is -3.03. The zero-order chi connectivity index (χ0) is 19.0. The third-order valence-electron chi connectivity index (χ3n) is 4.85. The smallest absolute Gasteiger partial charge is 0.259 e. The summed E-state index contributed by atoms with van der Waals surface area (Å²) in [4.78, 5) is 19.1. The summed E-state index contributed by atoms with van der Waals surface area (Å²) in [6.45, 7) is 4.66. The molecular formula is C19H19FN4O3. The highest BCUT2D eigenvalue weighted by molar-refractivity contribution is 5.96. The van der Waals surface area contributed by atoms with Crippen LogP contribution in [-0.4, -0.2) is 39.2 Å². The van der Waals surface area contributed by atoms with Gasteiger partial charge in [0.15, 0.2) is 0 Å². The minimum absolute atomic E-state index is 0.0372. The lowest BCUT2D eigenvalue weighted by molar-refractivity contribution is 0.0693. The number of halogens is 1. The molecule has 2 aromatic heterocycles. The van der Waals surface area contributed by atoms with E-state index in [1.54, 1.807) is 30.9 Å². The number of piperidine rings is 1. The third kappa shape index (κ3) is 3.34. The zero-order valence-electron chi connectivity index (χ0n) is 15.1. The molecule has 0 N–H and O–H groups in total. The van der Waals surface area contributed by atoms with Crippen molar-refractivity contribution in [2.45, 2.75) is 32.6 Å². The molecule has 4 rings (SSSR count). The van der Waals surface area contributed by atoms with Crippen LogP contribution in [0, 0.1) is 19.7 Å². The van der Waals surface area contributed by atoms with Crippen molar-refractivity contribution in [3.8, 4) is 11.4 Å². The fourth-order valence-corrected chi connectivity index (χ4v) is 3.43. The fourth-order valence-electron chi connectivity index (χ4n) is 3.43. The second-order valence-electron chi connectivity index (χ2n) is 6.75. The van der Waals surface area contributed by atoms with Crippen LogP contribution in [0.15, 0.2) is 33.3 Å². The van der Waals surface area contributed by atoms with Gasteiger partial charge >= 0.3 is 0 Å². The number of likely N-dealkylation sites (tertiary alicyclic amines) is 1. The van der Waals surface area contributed by atoms with Crippen LogP contribution in [0.1, 0.15) is 46.5 Å². The van der Waals surface area contributed by atoms with E-state index in [0.717, 1.165) is 12.8 Å². The molecule has 1 unspecified atom stereocenters. The largest absolute Gasteiger partial charge is 0.361 e. The van der Waals surface area contributed by atoms with E-state index in [0.29, 0.717) is 47.4 Å². The van der Waals surface area contributed by atoms with Gasteiger partial charge in [-0.05, 0) is 51.0 Å². The van der Waals surface area contributed by atoms with Gasteiger partial charge in [0.2, 0.25) is 11.7 Å². The number of amides is 1. The van der Waals surface area contributed by atoms with Gasteiger partial charge in [-0.15, -0.1) is 0 Å². The third-order valence-corrected chi connectivity index (χ3v) is 4.85. The molecule has 1 amide bonds. The maximum absolute atomic E-state index is 13.1. The Morgan fingerprint density at radius 2 is 1.96 bits per heavy atom. The number of aryl methyl sites for hydroxylation is 2. The van der Waals surface area contributed by atoms with Crippen molar-refractivity contribution < 1.29 is 18.2 Å². The molecule has 0 spiro atoms. The monoisotopic (exact) mass is 370 g/mol. The second-order valence-corrected chi connectivity index (χ2v) is 6.75. The van der Waals surface area contributed by atoms with Crippen molar-refractivity contribution in [2.75, 3.05) is 13.1 Å². The van der Waals surface area contributed by atoms with Crippen molar-refractivity contribution >= 4 is 5.91 Å². The first-order valence-corrected chi connectivity index (χ1v) is 8.84. The molecule has 0 bridgehead atoms. The molecule has 8 heteroatoms. The fraction of sp³-hybridized carbons (Fsp3) is 0.368. The molecule has 1 aliphatic rings. The van der Waals surface area contributed by atoms with Gasteiger partial charge in [0.25, 0.3) is 5.91 Å². The van der Waals surface area contributed by atoms with E-state index in [4.69, 9.17) is 9.05 Å². The van der Waals surface area contributed by atoms with Crippen LogP contribution in [0.5, 0.6) is 0 Å². The highest BCUT2D eigenvalue weighted by Gasteiger charge is 2.31. The van der Waals surface area contributed by atoms with Crippen molar-refractivity contribution in [3.63, 3.8) is 0 Å². The average molecular weight is 370 g/mol. The molecule has 1 atom stereocenters. The van der Waals surface area contributed by atoms with Gasteiger partial charge < -0.3 is 13.9 Å². The van der Waals surface area contributed by atoms with Crippen LogP contribution >= 0.6 is 0 Å². The molecule has 1 saturated heterocycles. The van der Waals surface area contributed by atoms with Crippen molar-refractivity contribution in [2.24, 2.45) is 0 Å². The van der Waals surface area contributed by atoms with Gasteiger partial charge in [0.05, 0.1) is 11.6 Å². The summed E-state index contributed by atoms with van der Waals surface area (Å²) in [6, 6.07) is 5.93. The predicted molar refractivity (Wildman–Crippen MR) is 93.5 cm³/mol. The number of hydrogen-bond donors (Lipinski definition) is 0. The number of hydrogen-bond acceptors (Lipinski definition) is 6. The molecular weight excluding hydrogens is 351 g/mol. The van der Waals surface area contributed by atoms with Crippen LogP contribution in [0.4, 0.5) is 4.39 Å². The normalized spacial score (nSPS) is 17.3. The summed E-state index contributed by atoms with van der Waals surface area (Å²) < 4.78 is 23.6. The van der Waals surface area contributed by atoms with Crippen LogP contribution in [0.3, 0.4) is 0 Å². The maximum Gasteiger partial charge on any atom is 0.259 e. The standard InChI is InChI=1S/C19H19FN4O3/c1-11-16(12(2)26-22-11)19(25)24-9-3-4-14(10-24)18-21-17(23-27-18)13-5-7-15(20)8-6-13/h5-8,14H,3-4,9-10H2,1-2H3. The highest BCUT2D eigenvalue weighted by Crippen LogP contribution is 2.29. The first kappa shape index (κ1) is 17.4. The molecule has 3 heterocycles. The Balaban J connectivity index is 1.52. The van der Waals surface area contributed by atoms with E-state index >= 15 is 0 Å². The predicted octanol–water partition coefficient (Wildman–Crippen LogP) is 3.50. The van der Waals surface area contributed by atoms with Crippen LogP contribution in [0.2, 0.25) is 0 Å². The van der Waals surface area contributed by atoms with Crippen LogP contribution in [-0.2, 0) is 0 Å². The van der Waals surface area contributed by atoms with E-state index in [9.17, 15) is 9.18 Å². The quantitative estimate of drug-likeness (QED) is 0.701. The summed E-state index contributed by atoms with van der Waals surface area (Å²) in [5, 5.41) is 7.86. The lowest BCUT2D eigenvalue weighted by Crippen LogP contribution is -2.39. The molecule has 0 aliphatic carbocycles. The molecule has 7 nitrogen and oxygen atoms in total. The summed E-state index contributed by atoms with van der Waals surface area (Å²) >= 11 is 0. The number of benzene rings is 1. The lowest BCUT2D eigenvalue weighted by Gasteiger charge is -2.30. The van der Waals surface area contributed by atoms with Crippen LogP contribution < -0.4 is 0 Å². The average Bonchev–Trinajstić information content (AvgIpc) is 3.29. The van der Waals surface area contributed by atoms with Crippen molar-refractivity contribution in [3.05, 3.63) is 53.0 Å². The first-order chi connectivity index (χ1) is 13.0. The van der Waals surface area contributed by atoms with E-state index in [2.05, 4.69) is 15.3 Å². The van der Waals surface area contributed by atoms with E-state index in [1.807, 2.05) is 0 Å². The van der Waals surface area contributed by atoms with Gasteiger partial charge in [0.1, 0.15) is 17.1 Å². The molecule has 1 aliphatic heterocycles. The Bertz CT molecular complexity index is 944. The number of aromatic nitrogens is 3. The van der Waals surface area contributed by atoms with Gasteiger partial charge in [0, 0.05) is 18.7 Å². The summed E-state index contributed by atoms with van der Waals surface area (Å²) in [7, 11) is 0. The van der Waals surface area contributed by atoms with E-state index < -0.39 is 0 Å². The molecule has 1 fully saturated rings. The molecule has 3 aromatic rings. The SMILES string of the molecule is Cc1noc(C)c1C(=O)N1CCCC(c2nc(-c3ccc(F)cc3)no2)C1. The number of rotatable bonds is 3. The first-order valence-electron chi connectivity index (χ1n) is 8.84. The van der Waals surface area contributed by atoms with Crippen molar-refractivity contribution in [1.82, 2.24) is 20.2 Å². The second kappa shape index (κ2) is 6.94. The highest BCUT2D eigenvalue weighted by atomic mass is 19.1. The lowest BCUT2D eigenvalue weighted by atomic mass is 9.97. The molecule has 1 aromatic carbocycles. The van der Waals surface area contributed by atoms with Gasteiger partial charge in [-0.2, -0.15) is 4.98 Å². The Kier molecular flexibility index (Phi) is 4.47. The number of carbonyl (C=O) groups excluding carboxylic acids is 1. The Labute approximate surface area is 155 Å². The number of nitrogens with zero attached hydrogens (tertiary/aromatic N) is 4. The molecule has 27 heavy (non-hydrogen) atoms. The summed E-state index contributed by atoms with van der Waals surface area (Å²) in [5.41, 5.74) is 1.80. The molecule has 0 saturated carbocycles. The number of carbonyl (C=O) groups is 1. The maximum atomic E-state index is 13.1. The van der Waals surface area contributed by atoms with Crippen LogP contribution in [0.25, 0.3) is 11.4 Å². The molecule has 140 valence electrons. The Morgan fingerprint density at radius 3 is 2.67 bits per heavy atom. The van der Waals surface area contributed by atoms with E-state index in [-0.39, 0.29) is 17.6 Å². The minimum Gasteiger partial charge on any atom is -0.361 e. The summed E-state index contributed by atoms with van der Waals surface area (Å²) in [5.74, 6) is 0.989. The minimum atomic E-state index is -0.316. The van der Waals surface area contributed by atoms with Crippen molar-refractivity contribution in [1.29, 1.82) is 0 Å². The van der Waals surface area contributed by atoms with E-state index in [1.165, 1.54) is 12.1 Å². The topological polar surface area (TPSA) is 85.3 Å². The van der Waals surface area contributed by atoms with Gasteiger partial charge in [-0.25, -0.2) is 4.39 Å². The Morgan fingerprint density at radius 1 is 1.19 bits per heavy atom. The van der Waals surface area contributed by atoms with Gasteiger partial charge in [-0.1, -0.05) is 10.3 Å². The van der Waals surface area contributed by atoms with Gasteiger partial charge in [-0.3, -0.25) is 4.79 Å².